The van der Waals surface area contributed by atoms with E-state index in [1.165, 1.54) is 23.3 Å². The number of imidazole rings is 1. The Kier molecular flexibility index (Phi) is 3.24. The third-order valence-electron chi connectivity index (χ3n) is 5.12. The highest BCUT2D eigenvalue weighted by molar-refractivity contribution is 6.21. The van der Waals surface area contributed by atoms with E-state index in [4.69, 9.17) is 0 Å². The van der Waals surface area contributed by atoms with Crippen molar-refractivity contribution in [3.05, 3.63) is 70.7 Å². The van der Waals surface area contributed by atoms with Crippen LogP contribution in [0.15, 0.2) is 42.7 Å². The van der Waals surface area contributed by atoms with Crippen LogP contribution in [0, 0.1) is 0 Å². The van der Waals surface area contributed by atoms with Crippen molar-refractivity contribution in [2.75, 3.05) is 0 Å². The zero-order valence-corrected chi connectivity index (χ0v) is 14.1. The van der Waals surface area contributed by atoms with Gasteiger partial charge < -0.3 is 9.51 Å². The second kappa shape index (κ2) is 5.51. The number of carbonyl (C=O) groups is 2. The van der Waals surface area contributed by atoms with Crippen LogP contribution < -0.4 is 0 Å². The second-order valence-corrected chi connectivity index (χ2v) is 6.94. The Morgan fingerprint density at radius 2 is 1.77 bits per heavy atom. The molecule has 1 saturated carbocycles. The third kappa shape index (κ3) is 2.26. The molecule has 6 heteroatoms. The van der Waals surface area contributed by atoms with Crippen molar-refractivity contribution < 1.29 is 14.7 Å². The predicted molar refractivity (Wildman–Crippen MR) is 93.7 cm³/mol. The van der Waals surface area contributed by atoms with Crippen molar-refractivity contribution in [2.45, 2.75) is 31.9 Å². The van der Waals surface area contributed by atoms with E-state index < -0.39 is 0 Å². The van der Waals surface area contributed by atoms with E-state index in [1.54, 1.807) is 24.3 Å². The number of benzene rings is 1. The molecule has 5 rings (SSSR count). The first-order valence-electron chi connectivity index (χ1n) is 8.72. The molecule has 2 amide bonds. The van der Waals surface area contributed by atoms with Crippen LogP contribution in [0.2, 0.25) is 0 Å². The average molecular weight is 347 g/mol. The van der Waals surface area contributed by atoms with E-state index in [0.717, 1.165) is 5.56 Å². The first kappa shape index (κ1) is 15.3. The fraction of sp³-hybridized carbons (Fsp3) is 0.250. The Hall–Kier alpha value is -2.99. The number of imide groups is 1. The normalized spacial score (nSPS) is 16.6. The minimum absolute atomic E-state index is 0.0898. The molecule has 2 aliphatic rings. The number of pyridine rings is 1. The van der Waals surface area contributed by atoms with Crippen LogP contribution in [0.1, 0.15) is 56.3 Å². The average Bonchev–Trinajstić information content (AvgIpc) is 3.39. The topological polar surface area (TPSA) is 74.9 Å². The molecular formula is C20H17N3O3. The Balaban J connectivity index is 1.51. The summed E-state index contributed by atoms with van der Waals surface area (Å²) in [7, 11) is 0. The summed E-state index contributed by atoms with van der Waals surface area (Å²) in [4.78, 5) is 30.8. The number of fused-ring (bicyclic) bond motifs is 2. The van der Waals surface area contributed by atoms with Gasteiger partial charge in [0.05, 0.1) is 30.0 Å². The van der Waals surface area contributed by atoms with Gasteiger partial charge in [0.2, 0.25) is 0 Å². The first-order valence-corrected chi connectivity index (χ1v) is 8.72. The molecule has 1 aliphatic carbocycles. The smallest absolute Gasteiger partial charge is 0.261 e. The molecule has 0 bridgehead atoms. The highest BCUT2D eigenvalue weighted by Crippen LogP contribution is 2.40. The predicted octanol–water partition coefficient (Wildman–Crippen LogP) is 2.50. The molecule has 1 aliphatic heterocycles. The summed E-state index contributed by atoms with van der Waals surface area (Å²) in [6.45, 7) is 0.0329. The minimum Gasteiger partial charge on any atom is -0.392 e. The molecule has 6 nitrogen and oxygen atoms in total. The summed E-state index contributed by atoms with van der Waals surface area (Å²) >= 11 is 0. The number of hydrogen-bond acceptors (Lipinski definition) is 4. The van der Waals surface area contributed by atoms with Crippen LogP contribution in [0.4, 0.5) is 0 Å². The zero-order valence-electron chi connectivity index (χ0n) is 14.1. The van der Waals surface area contributed by atoms with Crippen LogP contribution >= 0.6 is 0 Å². The molecular weight excluding hydrogens is 330 g/mol. The number of carbonyl (C=O) groups excluding carboxylic acids is 2. The lowest BCUT2D eigenvalue weighted by atomic mass is 10.1. The van der Waals surface area contributed by atoms with Gasteiger partial charge in [-0.2, -0.15) is 0 Å². The fourth-order valence-corrected chi connectivity index (χ4v) is 3.62. The van der Waals surface area contributed by atoms with Crippen molar-refractivity contribution in [1.29, 1.82) is 0 Å². The van der Waals surface area contributed by atoms with E-state index in [-0.39, 0.29) is 25.0 Å². The van der Waals surface area contributed by atoms with Gasteiger partial charge in [0, 0.05) is 18.0 Å². The number of aromatic nitrogens is 2. The highest BCUT2D eigenvalue weighted by Gasteiger charge is 2.35. The van der Waals surface area contributed by atoms with E-state index in [2.05, 4.69) is 4.98 Å². The molecule has 1 fully saturated rings. The molecule has 1 N–H and O–H groups in total. The second-order valence-electron chi connectivity index (χ2n) is 6.94. The van der Waals surface area contributed by atoms with Gasteiger partial charge in [0.15, 0.2) is 0 Å². The number of aliphatic hydroxyl groups is 1. The van der Waals surface area contributed by atoms with Gasteiger partial charge in [0.25, 0.3) is 11.8 Å². The summed E-state index contributed by atoms with van der Waals surface area (Å²) in [6, 6.07) is 8.86. The SMILES string of the molecule is O=C1c2ccccc2C(=O)N1Cc1cn2cc(C3CC3)cc(CO)c2n1. The maximum atomic E-state index is 12.5. The number of hydrogen-bond donors (Lipinski definition) is 1. The lowest BCUT2D eigenvalue weighted by Crippen LogP contribution is -2.29. The molecule has 3 aromatic rings. The van der Waals surface area contributed by atoms with Gasteiger partial charge in [-0.1, -0.05) is 12.1 Å². The van der Waals surface area contributed by atoms with Gasteiger partial charge in [-0.15, -0.1) is 0 Å². The molecule has 0 saturated heterocycles. The van der Waals surface area contributed by atoms with E-state index in [0.29, 0.717) is 28.4 Å². The van der Waals surface area contributed by atoms with Gasteiger partial charge in [-0.25, -0.2) is 4.98 Å². The van der Waals surface area contributed by atoms with Crippen LogP contribution in [-0.2, 0) is 13.2 Å². The van der Waals surface area contributed by atoms with E-state index in [9.17, 15) is 14.7 Å². The molecule has 2 aromatic heterocycles. The Morgan fingerprint density at radius 3 is 2.38 bits per heavy atom. The quantitative estimate of drug-likeness (QED) is 0.736. The van der Waals surface area contributed by atoms with Crippen LogP contribution in [0.5, 0.6) is 0 Å². The van der Waals surface area contributed by atoms with Crippen LogP contribution in [0.3, 0.4) is 0 Å². The zero-order chi connectivity index (χ0) is 17.8. The number of aliphatic hydroxyl groups excluding tert-OH is 1. The molecule has 26 heavy (non-hydrogen) atoms. The summed E-state index contributed by atoms with van der Waals surface area (Å²) in [5, 5.41) is 9.69. The van der Waals surface area contributed by atoms with Gasteiger partial charge in [0.1, 0.15) is 5.65 Å². The van der Waals surface area contributed by atoms with E-state index >= 15 is 0 Å². The lowest BCUT2D eigenvalue weighted by molar-refractivity contribution is 0.0640. The van der Waals surface area contributed by atoms with Crippen molar-refractivity contribution in [3.63, 3.8) is 0 Å². The maximum Gasteiger partial charge on any atom is 0.261 e. The van der Waals surface area contributed by atoms with Crippen molar-refractivity contribution >= 4 is 17.5 Å². The lowest BCUT2D eigenvalue weighted by Gasteiger charge is -2.11. The monoisotopic (exact) mass is 347 g/mol. The Morgan fingerprint density at radius 1 is 1.08 bits per heavy atom. The maximum absolute atomic E-state index is 12.5. The first-order chi connectivity index (χ1) is 12.7. The molecule has 130 valence electrons. The van der Waals surface area contributed by atoms with Gasteiger partial charge in [-0.3, -0.25) is 14.5 Å². The van der Waals surface area contributed by atoms with Gasteiger partial charge >= 0.3 is 0 Å². The summed E-state index contributed by atoms with van der Waals surface area (Å²) in [5.74, 6) is -0.0146. The number of amides is 2. The van der Waals surface area contributed by atoms with Crippen LogP contribution in [-0.4, -0.2) is 31.2 Å². The largest absolute Gasteiger partial charge is 0.392 e. The summed E-state index contributed by atoms with van der Waals surface area (Å²) < 4.78 is 1.90. The molecule has 3 heterocycles. The highest BCUT2D eigenvalue weighted by atomic mass is 16.3. The Labute approximate surface area is 149 Å². The molecule has 0 unspecified atom stereocenters. The minimum atomic E-state index is -0.288. The molecule has 1 aromatic carbocycles. The number of nitrogens with zero attached hydrogens (tertiary/aromatic N) is 3. The molecule has 0 radical (unpaired) electrons. The van der Waals surface area contributed by atoms with Crippen molar-refractivity contribution in [2.24, 2.45) is 0 Å². The number of rotatable bonds is 4. The third-order valence-corrected chi connectivity index (χ3v) is 5.12. The fourth-order valence-electron chi connectivity index (χ4n) is 3.62. The van der Waals surface area contributed by atoms with Crippen molar-refractivity contribution in [1.82, 2.24) is 14.3 Å². The van der Waals surface area contributed by atoms with Crippen molar-refractivity contribution in [3.8, 4) is 0 Å². The van der Waals surface area contributed by atoms with Crippen LogP contribution in [0.25, 0.3) is 5.65 Å². The summed E-state index contributed by atoms with van der Waals surface area (Å²) in [5.41, 5.74) is 4.14. The molecule has 0 spiro atoms. The Bertz CT molecular complexity index is 1030. The van der Waals surface area contributed by atoms with E-state index in [1.807, 2.05) is 22.9 Å². The summed E-state index contributed by atoms with van der Waals surface area (Å²) in [6.07, 6.45) is 6.22. The standard InChI is InChI=1S/C20H17N3O3/c24-11-14-7-13(12-5-6-12)8-22-9-15(21-18(14)22)10-23-19(25)16-3-1-2-4-17(16)20(23)26/h1-4,7-9,12,24H,5-6,10-11H2. The van der Waals surface area contributed by atoms with Gasteiger partial charge in [-0.05, 0) is 42.5 Å². The molecule has 0 atom stereocenters.